The van der Waals surface area contributed by atoms with Gasteiger partial charge in [-0.05, 0) is 30.3 Å². The van der Waals surface area contributed by atoms with Crippen molar-refractivity contribution in [2.24, 2.45) is 11.1 Å². The van der Waals surface area contributed by atoms with Crippen LogP contribution in [0, 0.1) is 22.6 Å². The van der Waals surface area contributed by atoms with Gasteiger partial charge in [-0.15, -0.1) is 0 Å². The van der Waals surface area contributed by atoms with E-state index in [0.29, 0.717) is 0 Å². The van der Waals surface area contributed by atoms with Crippen molar-refractivity contribution in [3.63, 3.8) is 0 Å². The molecule has 1 aliphatic heterocycles. The molecule has 0 aromatic heterocycles. The minimum atomic E-state index is -3.99. The normalized spacial score (nSPS) is 14.9. The van der Waals surface area contributed by atoms with Crippen LogP contribution in [-0.4, -0.2) is 57.6 Å². The number of hydrogen-bond donors (Lipinski definition) is 2. The van der Waals surface area contributed by atoms with Crippen LogP contribution in [0.2, 0.25) is 10.0 Å². The third kappa shape index (κ3) is 6.32. The number of carbonyl (C=O) groups excluding carboxylic acids is 2. The molecule has 0 radical (unpaired) electrons. The van der Waals surface area contributed by atoms with Gasteiger partial charge in [0.05, 0.1) is 17.2 Å². The topological polar surface area (TPSA) is 152 Å². The number of primary amides is 1. The molecule has 186 valence electrons. The highest BCUT2D eigenvalue weighted by molar-refractivity contribution is 7.89. The summed E-state index contributed by atoms with van der Waals surface area (Å²) in [7, 11) is -3.99. The van der Waals surface area contributed by atoms with E-state index in [9.17, 15) is 22.4 Å². The highest BCUT2D eigenvalue weighted by Gasteiger charge is 2.49. The molecule has 0 unspecified atom stereocenters. The maximum atomic E-state index is 13.9. The first-order valence-corrected chi connectivity index (χ1v) is 12.1. The molecular formula is C21H19Cl2FN4O6S. The van der Waals surface area contributed by atoms with Crippen molar-refractivity contribution >= 4 is 45.2 Å². The number of benzene rings is 2. The number of nitrogens with two attached hydrogens (primary N) is 1. The fraction of sp³-hybridized carbons (Fsp3) is 0.286. The van der Waals surface area contributed by atoms with Gasteiger partial charge in [-0.3, -0.25) is 4.79 Å². The Morgan fingerprint density at radius 2 is 1.94 bits per heavy atom. The summed E-state index contributed by atoms with van der Waals surface area (Å²) in [4.78, 5) is 22.5. The van der Waals surface area contributed by atoms with Crippen molar-refractivity contribution in [1.29, 1.82) is 5.26 Å². The van der Waals surface area contributed by atoms with Gasteiger partial charge >= 0.3 is 6.09 Å². The summed E-state index contributed by atoms with van der Waals surface area (Å²) in [5.74, 6) is -1.31. The molecule has 14 heteroatoms. The van der Waals surface area contributed by atoms with Crippen LogP contribution in [0.1, 0.15) is 5.56 Å². The molecule has 35 heavy (non-hydrogen) atoms. The van der Waals surface area contributed by atoms with Gasteiger partial charge in [0.25, 0.3) is 5.91 Å². The van der Waals surface area contributed by atoms with Crippen molar-refractivity contribution in [2.45, 2.75) is 4.90 Å². The van der Waals surface area contributed by atoms with Crippen LogP contribution in [0.5, 0.6) is 5.75 Å². The third-order valence-corrected chi connectivity index (χ3v) is 7.66. The summed E-state index contributed by atoms with van der Waals surface area (Å²) in [5.41, 5.74) is 3.78. The fourth-order valence-corrected chi connectivity index (χ4v) is 5.75. The Bertz CT molecular complexity index is 1300. The molecule has 0 atom stereocenters. The zero-order valence-electron chi connectivity index (χ0n) is 18.0. The molecule has 3 N–H and O–H groups in total. The Kier molecular flexibility index (Phi) is 8.07. The SMILES string of the molecule is N#Cc1ccc(OCC2(CNC(=O)COC(N)=O)CN(S(=O)(=O)c3ccc(Cl)cc3Cl)C2)cc1F. The van der Waals surface area contributed by atoms with Crippen LogP contribution in [-0.2, 0) is 19.6 Å². The van der Waals surface area contributed by atoms with Crippen molar-refractivity contribution < 1.29 is 31.9 Å². The Hall–Kier alpha value is -3.11. The van der Waals surface area contributed by atoms with Gasteiger partial charge in [-0.25, -0.2) is 17.6 Å². The Morgan fingerprint density at radius 1 is 1.23 bits per heavy atom. The Balaban J connectivity index is 1.75. The van der Waals surface area contributed by atoms with Crippen LogP contribution in [0.15, 0.2) is 41.3 Å². The van der Waals surface area contributed by atoms with E-state index in [1.165, 1.54) is 30.3 Å². The van der Waals surface area contributed by atoms with Crippen LogP contribution in [0.25, 0.3) is 0 Å². The molecule has 1 heterocycles. The second-order valence-corrected chi connectivity index (χ2v) is 10.5. The standard InChI is InChI=1S/C21H19Cl2FN4O6S/c22-14-2-4-18(16(23)5-14)35(31,32)28-10-21(11-28,9-27-19(29)8-33-20(26)30)12-34-15-3-1-13(7-25)17(24)6-15/h1-6H,8-12H2,(H2,26,30)(H,27,29). The van der Waals surface area contributed by atoms with Gasteiger partial charge in [0.15, 0.2) is 6.61 Å². The number of nitrogens with zero attached hydrogens (tertiary/aromatic N) is 2. The molecule has 10 nitrogen and oxygen atoms in total. The van der Waals surface area contributed by atoms with Crippen molar-refractivity contribution in [3.05, 3.63) is 57.8 Å². The molecule has 1 fully saturated rings. The predicted octanol–water partition coefficient (Wildman–Crippen LogP) is 2.29. The Labute approximate surface area is 210 Å². The number of carbonyl (C=O) groups is 2. The number of sulfonamides is 1. The molecule has 0 saturated carbocycles. The maximum Gasteiger partial charge on any atom is 0.405 e. The smallest absolute Gasteiger partial charge is 0.405 e. The van der Waals surface area contributed by atoms with E-state index in [2.05, 4.69) is 10.1 Å². The van der Waals surface area contributed by atoms with Crippen molar-refractivity contribution in [1.82, 2.24) is 9.62 Å². The largest absolute Gasteiger partial charge is 0.493 e. The number of rotatable bonds is 9. The van der Waals surface area contributed by atoms with E-state index in [1.54, 1.807) is 6.07 Å². The Morgan fingerprint density at radius 3 is 2.54 bits per heavy atom. The number of amides is 2. The second-order valence-electron chi connectivity index (χ2n) is 7.77. The number of ether oxygens (including phenoxy) is 2. The van der Waals surface area contributed by atoms with E-state index < -0.39 is 39.9 Å². The summed E-state index contributed by atoms with van der Waals surface area (Å²) in [6.07, 6.45) is -1.12. The second kappa shape index (κ2) is 10.7. The average molecular weight is 545 g/mol. The lowest BCUT2D eigenvalue weighted by Gasteiger charge is -2.48. The summed E-state index contributed by atoms with van der Waals surface area (Å²) >= 11 is 11.9. The molecule has 0 bridgehead atoms. The fourth-order valence-electron chi connectivity index (χ4n) is 3.34. The van der Waals surface area contributed by atoms with Gasteiger partial charge in [-0.1, -0.05) is 23.2 Å². The average Bonchev–Trinajstić information content (AvgIpc) is 2.76. The molecule has 3 rings (SSSR count). The third-order valence-electron chi connectivity index (χ3n) is 5.15. The van der Waals surface area contributed by atoms with Gasteiger partial charge in [0.1, 0.15) is 22.5 Å². The van der Waals surface area contributed by atoms with Gasteiger partial charge in [-0.2, -0.15) is 9.57 Å². The molecule has 1 aliphatic rings. The van der Waals surface area contributed by atoms with E-state index >= 15 is 0 Å². The molecule has 0 aliphatic carbocycles. The van der Waals surface area contributed by atoms with E-state index in [1.807, 2.05) is 0 Å². The van der Waals surface area contributed by atoms with Gasteiger partial charge in [0, 0.05) is 36.1 Å². The number of nitriles is 1. The summed E-state index contributed by atoms with van der Waals surface area (Å²) in [5, 5.41) is 11.6. The van der Waals surface area contributed by atoms with E-state index in [-0.39, 0.29) is 52.5 Å². The lowest BCUT2D eigenvalue weighted by atomic mass is 9.82. The zero-order chi connectivity index (χ0) is 25.8. The van der Waals surface area contributed by atoms with Gasteiger partial charge < -0.3 is 20.5 Å². The lowest BCUT2D eigenvalue weighted by Crippen LogP contribution is -2.64. The monoisotopic (exact) mass is 544 g/mol. The highest BCUT2D eigenvalue weighted by Crippen LogP contribution is 2.37. The zero-order valence-corrected chi connectivity index (χ0v) is 20.3. The summed E-state index contributed by atoms with van der Waals surface area (Å²) in [6, 6.07) is 9.38. The molecule has 2 amide bonds. The lowest BCUT2D eigenvalue weighted by molar-refractivity contribution is -0.125. The molecule has 0 spiro atoms. The van der Waals surface area contributed by atoms with Crippen LogP contribution >= 0.6 is 23.2 Å². The molecular weight excluding hydrogens is 526 g/mol. The number of hydrogen-bond acceptors (Lipinski definition) is 7. The van der Waals surface area contributed by atoms with Crippen LogP contribution in [0.3, 0.4) is 0 Å². The number of nitrogens with one attached hydrogen (secondary N) is 1. The van der Waals surface area contributed by atoms with Crippen molar-refractivity contribution in [3.8, 4) is 11.8 Å². The van der Waals surface area contributed by atoms with Crippen molar-refractivity contribution in [2.75, 3.05) is 32.8 Å². The predicted molar refractivity (Wildman–Crippen MR) is 123 cm³/mol. The van der Waals surface area contributed by atoms with Crippen LogP contribution < -0.4 is 15.8 Å². The highest BCUT2D eigenvalue weighted by atomic mass is 35.5. The first-order chi connectivity index (χ1) is 16.5. The minimum absolute atomic E-state index is 0.0452. The van der Waals surface area contributed by atoms with Gasteiger partial charge in [0.2, 0.25) is 10.0 Å². The summed E-state index contributed by atoms with van der Waals surface area (Å²) < 4.78 is 51.3. The van der Waals surface area contributed by atoms with E-state index in [4.69, 9.17) is 38.9 Å². The summed E-state index contributed by atoms with van der Waals surface area (Å²) in [6.45, 7) is -0.897. The first kappa shape index (κ1) is 26.5. The maximum absolute atomic E-state index is 13.9. The number of halogens is 3. The molecule has 1 saturated heterocycles. The molecule has 2 aromatic carbocycles. The molecule has 2 aromatic rings. The quantitative estimate of drug-likeness (QED) is 0.491. The minimum Gasteiger partial charge on any atom is -0.493 e. The van der Waals surface area contributed by atoms with E-state index in [0.717, 1.165) is 10.4 Å². The van der Waals surface area contributed by atoms with Crippen LogP contribution in [0.4, 0.5) is 9.18 Å². The first-order valence-electron chi connectivity index (χ1n) is 9.92.